The number of hydrogen-bond donors (Lipinski definition) is 0. The normalized spacial score (nSPS) is 32.4. The van der Waals surface area contributed by atoms with E-state index in [0.717, 1.165) is 32.1 Å². The average molecular weight is 525 g/mol. The van der Waals surface area contributed by atoms with Crippen LogP contribution in [0.1, 0.15) is 63.5 Å². The largest absolute Gasteiger partial charge is 0.328 e. The van der Waals surface area contributed by atoms with E-state index in [1.165, 1.54) is 20.9 Å². The molecule has 2 heterocycles. The first-order chi connectivity index (χ1) is 17.5. The van der Waals surface area contributed by atoms with Gasteiger partial charge in [0.25, 0.3) is 5.91 Å². The molecule has 8 nitrogen and oxygen atoms in total. The number of piperidine rings is 1. The summed E-state index contributed by atoms with van der Waals surface area (Å²) in [5, 5.41) is 9.09. The third kappa shape index (κ3) is 3.44. The standard InChI is InChI=1S/C28H36N4O4S/c1-26(2)21-8-10-28(26,23(17-21)32-24(33)18-30(16-13-29)25(32)34)19-37(35,36)31-14-11-27(12-15-31)9-7-20-5-3-4-6-22(20)27/h3-6,21,23H,7-12,14-19H2,1-2H3/t21-,23+,28-/m1/s1. The van der Waals surface area contributed by atoms with Crippen LogP contribution in [0.3, 0.4) is 0 Å². The van der Waals surface area contributed by atoms with E-state index in [4.69, 9.17) is 5.26 Å². The molecule has 0 unspecified atom stereocenters. The minimum Gasteiger partial charge on any atom is -0.302 e. The number of carbonyl (C=O) groups excluding carboxylic acids is 2. The topological polar surface area (TPSA) is 102 Å². The van der Waals surface area contributed by atoms with Gasteiger partial charge in [-0.3, -0.25) is 9.69 Å². The van der Waals surface area contributed by atoms with Crippen LogP contribution >= 0.6 is 0 Å². The van der Waals surface area contributed by atoms with Gasteiger partial charge in [-0.25, -0.2) is 17.5 Å². The van der Waals surface area contributed by atoms with Crippen molar-refractivity contribution < 1.29 is 18.0 Å². The molecule has 1 spiro atoms. The summed E-state index contributed by atoms with van der Waals surface area (Å²) in [4.78, 5) is 28.7. The van der Waals surface area contributed by atoms with Gasteiger partial charge in [0.15, 0.2) is 0 Å². The zero-order chi connectivity index (χ0) is 26.2. The molecule has 198 valence electrons. The van der Waals surface area contributed by atoms with E-state index < -0.39 is 27.5 Å². The summed E-state index contributed by atoms with van der Waals surface area (Å²) in [7, 11) is -3.61. The van der Waals surface area contributed by atoms with E-state index in [-0.39, 0.29) is 41.5 Å². The van der Waals surface area contributed by atoms with E-state index in [9.17, 15) is 18.0 Å². The summed E-state index contributed by atoms with van der Waals surface area (Å²) >= 11 is 0. The van der Waals surface area contributed by atoms with Crippen LogP contribution in [0.4, 0.5) is 4.79 Å². The Morgan fingerprint density at radius 3 is 2.51 bits per heavy atom. The van der Waals surface area contributed by atoms with Crippen LogP contribution in [0, 0.1) is 28.1 Å². The number of carbonyl (C=O) groups is 2. The molecule has 2 aliphatic heterocycles. The molecule has 2 bridgehead atoms. The van der Waals surface area contributed by atoms with E-state index in [1.807, 2.05) is 6.07 Å². The lowest BCUT2D eigenvalue weighted by Crippen LogP contribution is -2.56. The summed E-state index contributed by atoms with van der Waals surface area (Å²) in [6.07, 6.45) is 6.05. The lowest BCUT2D eigenvalue weighted by atomic mass is 9.68. The number of hydrogen-bond acceptors (Lipinski definition) is 5. The van der Waals surface area contributed by atoms with Gasteiger partial charge in [0.2, 0.25) is 10.0 Å². The molecular formula is C28H36N4O4S. The lowest BCUT2D eigenvalue weighted by Gasteiger charge is -2.46. The lowest BCUT2D eigenvalue weighted by molar-refractivity contribution is -0.129. The number of rotatable bonds is 5. The molecule has 0 N–H and O–H groups in total. The van der Waals surface area contributed by atoms with E-state index >= 15 is 0 Å². The predicted molar refractivity (Wildman–Crippen MR) is 138 cm³/mol. The Hall–Kier alpha value is -2.44. The Labute approximate surface area is 219 Å². The third-order valence-corrected chi connectivity index (χ3v) is 13.0. The number of amides is 3. The van der Waals surface area contributed by atoms with Crippen molar-refractivity contribution in [1.82, 2.24) is 14.1 Å². The zero-order valence-electron chi connectivity index (χ0n) is 21.8. The van der Waals surface area contributed by atoms with E-state index in [2.05, 4.69) is 38.1 Å². The number of nitrogens with zero attached hydrogens (tertiary/aromatic N) is 4. The molecule has 37 heavy (non-hydrogen) atoms. The SMILES string of the molecule is CC1(C)[C@@H]2CC[C@@]1(CS(=O)(=O)N1CCC3(CCc4ccccc43)CC1)[C@@H](N1C(=O)CN(CC#N)C1=O)C2. The molecule has 6 rings (SSSR count). The van der Waals surface area contributed by atoms with Crippen LogP contribution in [-0.4, -0.2) is 72.4 Å². The van der Waals surface area contributed by atoms with Crippen LogP contribution in [0.25, 0.3) is 0 Å². The Bertz CT molecular complexity index is 1290. The fraction of sp³-hybridized carbons (Fsp3) is 0.679. The fourth-order valence-corrected chi connectivity index (χ4v) is 11.0. The summed E-state index contributed by atoms with van der Waals surface area (Å²) in [6.45, 7) is 5.03. The summed E-state index contributed by atoms with van der Waals surface area (Å²) in [5.41, 5.74) is 1.88. The van der Waals surface area contributed by atoms with Crippen LogP contribution in [0.5, 0.6) is 0 Å². The number of nitriles is 1. The molecule has 9 heteroatoms. The number of benzene rings is 1. The van der Waals surface area contributed by atoms with Crippen LogP contribution in [0.2, 0.25) is 0 Å². The molecule has 3 amide bonds. The van der Waals surface area contributed by atoms with Gasteiger partial charge >= 0.3 is 6.03 Å². The molecular weight excluding hydrogens is 488 g/mol. The van der Waals surface area contributed by atoms with E-state index in [0.29, 0.717) is 25.9 Å². The van der Waals surface area contributed by atoms with Gasteiger partial charge in [0, 0.05) is 24.5 Å². The molecule has 3 aliphatic carbocycles. The maximum absolute atomic E-state index is 14.0. The molecule has 1 aromatic rings. The summed E-state index contributed by atoms with van der Waals surface area (Å²) in [6, 6.07) is 9.66. The summed E-state index contributed by atoms with van der Waals surface area (Å²) < 4.78 is 29.8. The second-order valence-electron chi connectivity index (χ2n) is 12.5. The van der Waals surface area contributed by atoms with Crippen molar-refractivity contribution in [3.05, 3.63) is 35.4 Å². The van der Waals surface area contributed by atoms with Crippen LogP contribution < -0.4 is 0 Å². The Balaban J connectivity index is 1.25. The van der Waals surface area contributed by atoms with Gasteiger partial charge < -0.3 is 4.90 Å². The third-order valence-electron chi connectivity index (χ3n) is 11.0. The molecule has 1 aromatic carbocycles. The second kappa shape index (κ2) is 8.28. The maximum atomic E-state index is 14.0. The van der Waals surface area contributed by atoms with E-state index in [1.54, 1.807) is 4.31 Å². The number of aryl methyl sites for hydroxylation is 1. The van der Waals surface area contributed by atoms with Crippen LogP contribution in [-0.2, 0) is 26.7 Å². The first-order valence-corrected chi connectivity index (χ1v) is 15.2. The van der Waals surface area contributed by atoms with Crippen molar-refractivity contribution in [2.45, 2.75) is 70.3 Å². The smallest absolute Gasteiger partial charge is 0.302 e. The van der Waals surface area contributed by atoms with Crippen molar-refractivity contribution in [2.24, 2.45) is 16.7 Å². The number of sulfonamides is 1. The number of fused-ring (bicyclic) bond motifs is 4. The minimum absolute atomic E-state index is 0.0347. The van der Waals surface area contributed by atoms with Gasteiger partial charge in [-0.15, -0.1) is 0 Å². The highest BCUT2D eigenvalue weighted by molar-refractivity contribution is 7.89. The van der Waals surface area contributed by atoms with Crippen molar-refractivity contribution in [1.29, 1.82) is 5.26 Å². The number of urea groups is 1. The quantitative estimate of drug-likeness (QED) is 0.435. The second-order valence-corrected chi connectivity index (χ2v) is 14.5. The number of imide groups is 1. The van der Waals surface area contributed by atoms with Gasteiger partial charge in [-0.05, 0) is 72.8 Å². The highest BCUT2D eigenvalue weighted by Gasteiger charge is 2.68. The van der Waals surface area contributed by atoms with Gasteiger partial charge in [-0.2, -0.15) is 5.26 Å². The zero-order valence-corrected chi connectivity index (χ0v) is 22.6. The Kier molecular flexibility index (Phi) is 5.56. The van der Waals surface area contributed by atoms with Crippen molar-refractivity contribution in [3.63, 3.8) is 0 Å². The molecule has 0 aromatic heterocycles. The van der Waals surface area contributed by atoms with Gasteiger partial charge in [-0.1, -0.05) is 38.1 Å². The van der Waals surface area contributed by atoms with Crippen molar-refractivity contribution in [3.8, 4) is 6.07 Å². The molecule has 2 saturated carbocycles. The predicted octanol–water partition coefficient (Wildman–Crippen LogP) is 3.28. The summed E-state index contributed by atoms with van der Waals surface area (Å²) in [5.74, 6) is -0.0873. The monoisotopic (exact) mass is 524 g/mol. The fourth-order valence-electron chi connectivity index (χ4n) is 8.71. The Morgan fingerprint density at radius 2 is 1.81 bits per heavy atom. The highest BCUT2D eigenvalue weighted by Crippen LogP contribution is 2.67. The maximum Gasteiger partial charge on any atom is 0.328 e. The Morgan fingerprint density at radius 1 is 1.08 bits per heavy atom. The minimum atomic E-state index is -3.61. The van der Waals surface area contributed by atoms with Crippen molar-refractivity contribution in [2.75, 3.05) is 31.9 Å². The first-order valence-electron chi connectivity index (χ1n) is 13.6. The molecule has 5 aliphatic rings. The van der Waals surface area contributed by atoms with Gasteiger partial charge in [0.05, 0.1) is 11.8 Å². The average Bonchev–Trinajstić information content (AvgIpc) is 3.49. The van der Waals surface area contributed by atoms with Crippen molar-refractivity contribution >= 4 is 22.0 Å². The molecule has 4 fully saturated rings. The van der Waals surface area contributed by atoms with Gasteiger partial charge in [0.1, 0.15) is 13.1 Å². The molecule has 0 radical (unpaired) electrons. The first kappa shape index (κ1) is 24.9. The van der Waals surface area contributed by atoms with Crippen LogP contribution in [0.15, 0.2) is 24.3 Å². The molecule has 2 saturated heterocycles. The highest BCUT2D eigenvalue weighted by atomic mass is 32.2. The molecule has 3 atom stereocenters.